The number of hydrogen-bond acceptors (Lipinski definition) is 1. The molecule has 0 spiro atoms. The van der Waals surface area contributed by atoms with Gasteiger partial charge in [-0.05, 0) is 31.6 Å². The Balaban J connectivity index is 1.93. The minimum Gasteiger partial charge on any atom is -0.198 e. The standard InChI is InChI=1S/C19H35N/c1-3-4-5-6-7-8-9-10-11-12-14-19(17-20)15-13-18(2)16-19/h18H,3-16H2,1-2H3. The molecule has 1 aliphatic carbocycles. The summed E-state index contributed by atoms with van der Waals surface area (Å²) in [6.07, 6.45) is 18.6. The number of hydrogen-bond donors (Lipinski definition) is 0. The Morgan fingerprint density at radius 2 is 1.50 bits per heavy atom. The van der Waals surface area contributed by atoms with Crippen molar-refractivity contribution in [2.24, 2.45) is 11.3 Å². The highest BCUT2D eigenvalue weighted by atomic mass is 14.4. The summed E-state index contributed by atoms with van der Waals surface area (Å²) < 4.78 is 0. The molecule has 116 valence electrons. The van der Waals surface area contributed by atoms with Gasteiger partial charge in [-0.2, -0.15) is 5.26 Å². The molecule has 0 bridgehead atoms. The van der Waals surface area contributed by atoms with E-state index in [-0.39, 0.29) is 5.41 Å². The average molecular weight is 277 g/mol. The van der Waals surface area contributed by atoms with E-state index in [4.69, 9.17) is 0 Å². The number of rotatable bonds is 11. The van der Waals surface area contributed by atoms with Crippen LogP contribution in [0, 0.1) is 22.7 Å². The molecule has 1 heteroatoms. The molecule has 0 saturated heterocycles. The van der Waals surface area contributed by atoms with E-state index in [9.17, 15) is 5.26 Å². The van der Waals surface area contributed by atoms with Crippen LogP contribution in [0.2, 0.25) is 0 Å². The van der Waals surface area contributed by atoms with Gasteiger partial charge in [0.2, 0.25) is 0 Å². The van der Waals surface area contributed by atoms with E-state index in [1.165, 1.54) is 70.6 Å². The molecule has 0 radical (unpaired) electrons. The van der Waals surface area contributed by atoms with E-state index in [1.807, 2.05) is 0 Å². The first-order valence-electron chi connectivity index (χ1n) is 9.14. The van der Waals surface area contributed by atoms with Gasteiger partial charge in [-0.1, -0.05) is 78.1 Å². The number of unbranched alkanes of at least 4 members (excludes halogenated alkanes) is 9. The molecule has 1 fully saturated rings. The lowest BCUT2D eigenvalue weighted by atomic mass is 9.81. The second kappa shape index (κ2) is 10.3. The fourth-order valence-electron chi connectivity index (χ4n) is 3.73. The Labute approximate surface area is 127 Å². The van der Waals surface area contributed by atoms with Crippen molar-refractivity contribution in [3.63, 3.8) is 0 Å². The average Bonchev–Trinajstić information content (AvgIpc) is 2.83. The molecule has 1 nitrogen and oxygen atoms in total. The monoisotopic (exact) mass is 277 g/mol. The van der Waals surface area contributed by atoms with Crippen molar-refractivity contribution < 1.29 is 0 Å². The van der Waals surface area contributed by atoms with E-state index in [1.54, 1.807) is 0 Å². The summed E-state index contributed by atoms with van der Waals surface area (Å²) >= 11 is 0. The number of nitrogens with zero attached hydrogens (tertiary/aromatic N) is 1. The number of nitriles is 1. The molecule has 2 atom stereocenters. The van der Waals surface area contributed by atoms with Gasteiger partial charge < -0.3 is 0 Å². The highest BCUT2D eigenvalue weighted by Crippen LogP contribution is 2.44. The maximum atomic E-state index is 9.43. The van der Waals surface area contributed by atoms with E-state index < -0.39 is 0 Å². The van der Waals surface area contributed by atoms with Crippen molar-refractivity contribution in [3.05, 3.63) is 0 Å². The fourth-order valence-corrected chi connectivity index (χ4v) is 3.73. The first-order chi connectivity index (χ1) is 9.72. The van der Waals surface area contributed by atoms with Crippen molar-refractivity contribution >= 4 is 0 Å². The van der Waals surface area contributed by atoms with Crippen LogP contribution in [-0.4, -0.2) is 0 Å². The van der Waals surface area contributed by atoms with Crippen molar-refractivity contribution in [1.82, 2.24) is 0 Å². The Bertz CT molecular complexity index is 278. The van der Waals surface area contributed by atoms with Crippen molar-refractivity contribution in [2.75, 3.05) is 0 Å². The molecule has 0 aromatic rings. The molecule has 0 N–H and O–H groups in total. The lowest BCUT2D eigenvalue weighted by molar-refractivity contribution is 0.344. The van der Waals surface area contributed by atoms with Gasteiger partial charge in [-0.3, -0.25) is 0 Å². The zero-order valence-electron chi connectivity index (χ0n) is 13.9. The topological polar surface area (TPSA) is 23.8 Å². The van der Waals surface area contributed by atoms with Crippen molar-refractivity contribution in [3.8, 4) is 6.07 Å². The fraction of sp³-hybridized carbons (Fsp3) is 0.947. The van der Waals surface area contributed by atoms with Crippen LogP contribution in [0.1, 0.15) is 104 Å². The van der Waals surface area contributed by atoms with Crippen LogP contribution in [0.15, 0.2) is 0 Å². The Morgan fingerprint density at radius 1 is 0.950 bits per heavy atom. The van der Waals surface area contributed by atoms with E-state index in [0.717, 1.165) is 25.2 Å². The summed E-state index contributed by atoms with van der Waals surface area (Å²) in [5, 5.41) is 9.43. The van der Waals surface area contributed by atoms with Gasteiger partial charge in [0.1, 0.15) is 0 Å². The maximum absolute atomic E-state index is 9.43. The van der Waals surface area contributed by atoms with Gasteiger partial charge in [0.15, 0.2) is 0 Å². The predicted octanol–water partition coefficient (Wildman–Crippen LogP) is 6.63. The van der Waals surface area contributed by atoms with Gasteiger partial charge in [0.05, 0.1) is 11.5 Å². The normalized spacial score (nSPS) is 25.8. The molecule has 0 aromatic carbocycles. The van der Waals surface area contributed by atoms with Gasteiger partial charge in [-0.25, -0.2) is 0 Å². The second-order valence-electron chi connectivity index (χ2n) is 7.17. The molecule has 2 unspecified atom stereocenters. The van der Waals surface area contributed by atoms with Crippen LogP contribution >= 0.6 is 0 Å². The van der Waals surface area contributed by atoms with Crippen molar-refractivity contribution in [2.45, 2.75) is 104 Å². The molecule has 20 heavy (non-hydrogen) atoms. The molecule has 0 amide bonds. The Morgan fingerprint density at radius 3 is 1.95 bits per heavy atom. The van der Waals surface area contributed by atoms with E-state index in [0.29, 0.717) is 0 Å². The first kappa shape index (κ1) is 17.5. The van der Waals surface area contributed by atoms with Crippen LogP contribution in [0.25, 0.3) is 0 Å². The third kappa shape index (κ3) is 6.78. The first-order valence-corrected chi connectivity index (χ1v) is 9.14. The lowest BCUT2D eigenvalue weighted by Gasteiger charge is -2.20. The molecule has 1 aliphatic rings. The lowest BCUT2D eigenvalue weighted by Crippen LogP contribution is -2.13. The summed E-state index contributed by atoms with van der Waals surface area (Å²) in [5.41, 5.74) is 0.0551. The smallest absolute Gasteiger partial charge is 0.0689 e. The quantitative estimate of drug-likeness (QED) is 0.389. The predicted molar refractivity (Wildman–Crippen MR) is 87.5 cm³/mol. The summed E-state index contributed by atoms with van der Waals surface area (Å²) in [5.74, 6) is 0.776. The van der Waals surface area contributed by atoms with E-state index in [2.05, 4.69) is 19.9 Å². The summed E-state index contributed by atoms with van der Waals surface area (Å²) in [7, 11) is 0. The molecule has 1 saturated carbocycles. The Kier molecular flexibility index (Phi) is 8.99. The SMILES string of the molecule is CCCCCCCCCCCCC1(C#N)CCC(C)C1. The van der Waals surface area contributed by atoms with Gasteiger partial charge in [-0.15, -0.1) is 0 Å². The van der Waals surface area contributed by atoms with Crippen LogP contribution in [-0.2, 0) is 0 Å². The molecule has 0 heterocycles. The largest absolute Gasteiger partial charge is 0.198 e. The van der Waals surface area contributed by atoms with Gasteiger partial charge in [0, 0.05) is 0 Å². The molecule has 1 rings (SSSR count). The zero-order chi connectivity index (χ0) is 14.7. The molecular weight excluding hydrogens is 242 g/mol. The van der Waals surface area contributed by atoms with Crippen molar-refractivity contribution in [1.29, 1.82) is 5.26 Å². The van der Waals surface area contributed by atoms with Gasteiger partial charge >= 0.3 is 0 Å². The minimum absolute atomic E-state index is 0.0551. The summed E-state index contributed by atoms with van der Waals surface area (Å²) in [4.78, 5) is 0. The van der Waals surface area contributed by atoms with Crippen LogP contribution < -0.4 is 0 Å². The van der Waals surface area contributed by atoms with Crippen LogP contribution in [0.4, 0.5) is 0 Å². The highest BCUT2D eigenvalue weighted by Gasteiger charge is 2.36. The molecule has 0 aliphatic heterocycles. The zero-order valence-corrected chi connectivity index (χ0v) is 13.9. The third-order valence-corrected chi connectivity index (χ3v) is 5.10. The van der Waals surface area contributed by atoms with Crippen LogP contribution in [0.5, 0.6) is 0 Å². The molecular formula is C19H35N. The molecule has 0 aromatic heterocycles. The van der Waals surface area contributed by atoms with Crippen LogP contribution in [0.3, 0.4) is 0 Å². The van der Waals surface area contributed by atoms with E-state index >= 15 is 0 Å². The van der Waals surface area contributed by atoms with Gasteiger partial charge in [0.25, 0.3) is 0 Å². The minimum atomic E-state index is 0.0551. The third-order valence-electron chi connectivity index (χ3n) is 5.10. The summed E-state index contributed by atoms with van der Waals surface area (Å²) in [6, 6.07) is 2.64. The highest BCUT2D eigenvalue weighted by molar-refractivity contribution is 5.03. The maximum Gasteiger partial charge on any atom is 0.0689 e. The second-order valence-corrected chi connectivity index (χ2v) is 7.17. The summed E-state index contributed by atoms with van der Waals surface area (Å²) in [6.45, 7) is 4.58. The Hall–Kier alpha value is -0.510.